The number of primary sulfonamides is 1. The van der Waals surface area contributed by atoms with Gasteiger partial charge in [-0.3, -0.25) is 23.5 Å². The highest BCUT2D eigenvalue weighted by atomic mass is 35.5. The zero-order valence-electron chi connectivity index (χ0n) is 17.8. The number of thiazole rings is 1. The van der Waals surface area contributed by atoms with Crippen molar-refractivity contribution in [3.05, 3.63) is 97.4 Å². The summed E-state index contributed by atoms with van der Waals surface area (Å²) < 4.78 is 25.2. The lowest BCUT2D eigenvalue weighted by molar-refractivity contribution is 0.0954. The first-order valence-electron chi connectivity index (χ1n) is 9.69. The molecule has 0 spiro atoms. The van der Waals surface area contributed by atoms with Crippen LogP contribution >= 0.6 is 23.7 Å². The highest BCUT2D eigenvalue weighted by molar-refractivity contribution is 7.89. The summed E-state index contributed by atoms with van der Waals surface area (Å²) in [7, 11) is -3.85. The molecule has 0 saturated heterocycles. The first-order chi connectivity index (χ1) is 15.6. The first kappa shape index (κ1) is 25.3. The number of nitrogens with one attached hydrogen (secondary N) is 1. The van der Waals surface area contributed by atoms with Crippen LogP contribution in [-0.2, 0) is 23.1 Å². The van der Waals surface area contributed by atoms with Crippen molar-refractivity contribution in [2.45, 2.75) is 24.9 Å². The van der Waals surface area contributed by atoms with Crippen LogP contribution in [0, 0.1) is 6.92 Å². The number of pyridine rings is 1. The van der Waals surface area contributed by atoms with Crippen molar-refractivity contribution in [3.63, 3.8) is 0 Å². The molecule has 0 aliphatic carbocycles. The Hall–Kier alpha value is -3.32. The van der Waals surface area contributed by atoms with Crippen LogP contribution in [0.1, 0.15) is 26.4 Å². The Labute approximate surface area is 204 Å². The fourth-order valence-corrected chi connectivity index (χ4v) is 4.76. The molecule has 0 aliphatic heterocycles. The Morgan fingerprint density at radius 3 is 2.35 bits per heavy atom. The van der Waals surface area contributed by atoms with E-state index in [9.17, 15) is 22.8 Å². The molecule has 0 unspecified atom stereocenters. The largest absolute Gasteiger partial charge is 0.347 e. The standard InChI is InChI=1S/C21H19N5O5S2.ClH/c1-13-19(28)25(11-15-2-4-16(5-3-15)33(22,30)31)21(29)26-12-17(32-20(13)26)18(27)24-10-14-6-8-23-9-7-14;/h2-9,12H,10-11H2,1H3,(H,24,27)(H2,22,30,31);1H. The molecule has 0 bridgehead atoms. The van der Waals surface area contributed by atoms with Gasteiger partial charge in [0.2, 0.25) is 10.0 Å². The Morgan fingerprint density at radius 1 is 1.09 bits per heavy atom. The number of hydrogen-bond acceptors (Lipinski definition) is 7. The highest BCUT2D eigenvalue weighted by Gasteiger charge is 2.18. The number of hydrogen-bond donors (Lipinski definition) is 2. The molecule has 0 atom stereocenters. The number of carbonyl (C=O) groups excluding carboxylic acids is 1. The predicted octanol–water partition coefficient (Wildman–Crippen LogP) is 1.27. The number of carbonyl (C=O) groups is 1. The molecule has 0 fully saturated rings. The van der Waals surface area contributed by atoms with E-state index in [1.165, 1.54) is 34.9 Å². The molecular weight excluding hydrogens is 502 g/mol. The minimum atomic E-state index is -3.85. The van der Waals surface area contributed by atoms with Gasteiger partial charge in [0.1, 0.15) is 9.71 Å². The lowest BCUT2D eigenvalue weighted by Gasteiger charge is -2.08. The second-order valence-electron chi connectivity index (χ2n) is 7.30. The predicted molar refractivity (Wildman–Crippen MR) is 130 cm³/mol. The number of halogens is 1. The van der Waals surface area contributed by atoms with Crippen molar-refractivity contribution in [2.75, 3.05) is 0 Å². The lowest BCUT2D eigenvalue weighted by atomic mass is 10.2. The van der Waals surface area contributed by atoms with E-state index in [1.54, 1.807) is 31.5 Å². The van der Waals surface area contributed by atoms with Gasteiger partial charge in [0.25, 0.3) is 11.5 Å². The number of nitrogens with two attached hydrogens (primary N) is 1. The van der Waals surface area contributed by atoms with Crippen LogP contribution in [0.5, 0.6) is 0 Å². The third-order valence-corrected chi connectivity index (χ3v) is 7.15. The molecular formula is C21H20ClN5O5S2. The second kappa shape index (κ2) is 9.89. The number of aromatic nitrogens is 3. The van der Waals surface area contributed by atoms with Gasteiger partial charge in [-0.15, -0.1) is 23.7 Å². The van der Waals surface area contributed by atoms with E-state index in [0.29, 0.717) is 27.4 Å². The minimum Gasteiger partial charge on any atom is -0.347 e. The number of nitrogens with zero attached hydrogens (tertiary/aromatic N) is 3. The molecule has 0 radical (unpaired) electrons. The molecule has 10 nitrogen and oxygen atoms in total. The molecule has 13 heteroatoms. The molecule has 3 heterocycles. The van der Waals surface area contributed by atoms with Crippen molar-refractivity contribution in [3.8, 4) is 0 Å². The zero-order valence-corrected chi connectivity index (χ0v) is 20.2. The number of sulfonamides is 1. The van der Waals surface area contributed by atoms with Crippen molar-refractivity contribution in [2.24, 2.45) is 5.14 Å². The van der Waals surface area contributed by atoms with E-state index in [2.05, 4.69) is 10.3 Å². The van der Waals surface area contributed by atoms with Crippen LogP contribution < -0.4 is 21.7 Å². The van der Waals surface area contributed by atoms with Gasteiger partial charge >= 0.3 is 5.69 Å². The van der Waals surface area contributed by atoms with Crippen LogP contribution in [0.2, 0.25) is 0 Å². The van der Waals surface area contributed by atoms with Crippen LogP contribution in [-0.4, -0.2) is 28.3 Å². The van der Waals surface area contributed by atoms with Crippen molar-refractivity contribution in [1.29, 1.82) is 0 Å². The van der Waals surface area contributed by atoms with Gasteiger partial charge in [0, 0.05) is 30.7 Å². The molecule has 0 aliphatic rings. The fraction of sp³-hybridized carbons (Fsp3) is 0.143. The molecule has 34 heavy (non-hydrogen) atoms. The summed E-state index contributed by atoms with van der Waals surface area (Å²) in [5, 5.41) is 7.89. The van der Waals surface area contributed by atoms with Crippen molar-refractivity contribution < 1.29 is 13.2 Å². The van der Waals surface area contributed by atoms with Gasteiger partial charge in [-0.25, -0.2) is 18.4 Å². The van der Waals surface area contributed by atoms with Crippen LogP contribution in [0.3, 0.4) is 0 Å². The summed E-state index contributed by atoms with van der Waals surface area (Å²) in [6, 6.07) is 9.16. The molecule has 4 rings (SSSR count). The number of amides is 1. The zero-order chi connectivity index (χ0) is 23.8. The summed E-state index contributed by atoms with van der Waals surface area (Å²) in [6.45, 7) is 1.82. The van der Waals surface area contributed by atoms with Crippen LogP contribution in [0.15, 0.2) is 69.5 Å². The Morgan fingerprint density at radius 2 is 1.74 bits per heavy atom. The second-order valence-corrected chi connectivity index (χ2v) is 9.89. The maximum Gasteiger partial charge on any atom is 0.336 e. The van der Waals surface area contributed by atoms with Gasteiger partial charge in [0.05, 0.1) is 11.4 Å². The molecule has 1 amide bonds. The normalized spacial score (nSPS) is 11.2. The van der Waals surface area contributed by atoms with E-state index in [-0.39, 0.29) is 29.8 Å². The highest BCUT2D eigenvalue weighted by Crippen LogP contribution is 2.18. The topological polar surface area (TPSA) is 146 Å². The first-order valence-corrected chi connectivity index (χ1v) is 12.1. The van der Waals surface area contributed by atoms with Gasteiger partial charge in [-0.2, -0.15) is 0 Å². The van der Waals surface area contributed by atoms with E-state index in [1.807, 2.05) is 0 Å². The molecule has 4 aromatic rings. The molecule has 0 saturated carbocycles. The minimum absolute atomic E-state index is 0. The summed E-state index contributed by atoms with van der Waals surface area (Å²) in [5.74, 6) is -0.364. The Bertz CT molecular complexity index is 1580. The summed E-state index contributed by atoms with van der Waals surface area (Å²) in [4.78, 5) is 43.0. The third-order valence-electron chi connectivity index (χ3n) is 5.01. The van der Waals surface area contributed by atoms with E-state index in [4.69, 9.17) is 5.14 Å². The average molecular weight is 522 g/mol. The monoisotopic (exact) mass is 521 g/mol. The molecule has 3 N–H and O–H groups in total. The number of benzene rings is 1. The van der Waals surface area contributed by atoms with Crippen LogP contribution in [0.4, 0.5) is 0 Å². The smallest absolute Gasteiger partial charge is 0.336 e. The number of fused-ring (bicyclic) bond motifs is 1. The van der Waals surface area contributed by atoms with E-state index < -0.39 is 21.3 Å². The summed E-state index contributed by atoms with van der Waals surface area (Å²) in [5.41, 5.74) is 0.669. The number of aryl methyl sites for hydroxylation is 1. The molecule has 3 aromatic heterocycles. The van der Waals surface area contributed by atoms with Gasteiger partial charge < -0.3 is 5.32 Å². The Balaban J connectivity index is 0.00000324. The SMILES string of the molecule is Cc1c(=O)n(Cc2ccc(S(N)(=O)=O)cc2)c(=O)n2cc(C(=O)NCc3ccncc3)sc12.Cl. The maximum absolute atomic E-state index is 13.0. The van der Waals surface area contributed by atoms with Crippen molar-refractivity contribution >= 4 is 44.5 Å². The average Bonchev–Trinajstić information content (AvgIpc) is 3.25. The fourth-order valence-electron chi connectivity index (χ4n) is 3.25. The summed E-state index contributed by atoms with van der Waals surface area (Å²) in [6.07, 6.45) is 4.67. The van der Waals surface area contributed by atoms with E-state index >= 15 is 0 Å². The Kier molecular flexibility index (Phi) is 7.36. The summed E-state index contributed by atoms with van der Waals surface area (Å²) >= 11 is 1.06. The third kappa shape index (κ3) is 5.09. The van der Waals surface area contributed by atoms with Gasteiger partial charge in [-0.1, -0.05) is 12.1 Å². The van der Waals surface area contributed by atoms with Gasteiger partial charge in [-0.05, 0) is 42.3 Å². The lowest BCUT2D eigenvalue weighted by Crippen LogP contribution is -2.38. The van der Waals surface area contributed by atoms with E-state index in [0.717, 1.165) is 21.5 Å². The number of rotatable bonds is 6. The quantitative estimate of drug-likeness (QED) is 0.391. The van der Waals surface area contributed by atoms with Crippen molar-refractivity contribution in [1.82, 2.24) is 19.3 Å². The molecule has 178 valence electrons. The maximum atomic E-state index is 13.0. The van der Waals surface area contributed by atoms with Crippen LogP contribution in [0.25, 0.3) is 4.83 Å². The molecule has 1 aromatic carbocycles. The van der Waals surface area contributed by atoms with Gasteiger partial charge in [0.15, 0.2) is 0 Å².